The van der Waals surface area contributed by atoms with Crippen molar-refractivity contribution in [2.24, 2.45) is 4.99 Å². The summed E-state index contributed by atoms with van der Waals surface area (Å²) in [6.07, 6.45) is 1.83. The molecule has 0 fully saturated rings. The van der Waals surface area contributed by atoms with Crippen LogP contribution in [0.5, 0.6) is 0 Å². The Bertz CT molecular complexity index is 181. The monoisotopic (exact) mass is 204 g/mol. The van der Waals surface area contributed by atoms with Crippen LogP contribution in [0.4, 0.5) is 0 Å². The van der Waals surface area contributed by atoms with Crippen molar-refractivity contribution in [3.8, 4) is 0 Å². The SMILES string of the molecule is [CH2]CC(N=C=O)[Si](OC)(OC)OC. The van der Waals surface area contributed by atoms with Gasteiger partial charge in [-0.05, 0) is 6.42 Å². The van der Waals surface area contributed by atoms with Crippen LogP contribution in [0.3, 0.4) is 0 Å². The predicted octanol–water partition coefficient (Wildman–Crippen LogP) is 0.332. The summed E-state index contributed by atoms with van der Waals surface area (Å²) in [5.74, 6) is 0. The molecule has 0 aromatic heterocycles. The van der Waals surface area contributed by atoms with Crippen molar-refractivity contribution in [1.82, 2.24) is 0 Å². The van der Waals surface area contributed by atoms with Crippen molar-refractivity contribution in [3.05, 3.63) is 6.92 Å². The Hall–Kier alpha value is -0.523. The Morgan fingerprint density at radius 1 is 1.38 bits per heavy atom. The maximum atomic E-state index is 10.1. The van der Waals surface area contributed by atoms with Crippen molar-refractivity contribution in [2.45, 2.75) is 12.1 Å². The summed E-state index contributed by atoms with van der Waals surface area (Å²) in [7, 11) is 1.52. The topological polar surface area (TPSA) is 57.1 Å². The van der Waals surface area contributed by atoms with Crippen LogP contribution in [0.15, 0.2) is 4.99 Å². The summed E-state index contributed by atoms with van der Waals surface area (Å²) < 4.78 is 15.4. The maximum absolute atomic E-state index is 10.1. The summed E-state index contributed by atoms with van der Waals surface area (Å²) in [4.78, 5) is 13.7. The van der Waals surface area contributed by atoms with Crippen LogP contribution in [0.1, 0.15) is 6.42 Å². The Kier molecular flexibility index (Phi) is 5.77. The normalized spacial score (nSPS) is 13.5. The van der Waals surface area contributed by atoms with Crippen LogP contribution < -0.4 is 0 Å². The van der Waals surface area contributed by atoms with Crippen LogP contribution in [0, 0.1) is 6.92 Å². The van der Waals surface area contributed by atoms with Gasteiger partial charge in [0, 0.05) is 21.3 Å². The van der Waals surface area contributed by atoms with Gasteiger partial charge in [-0.2, -0.15) is 4.99 Å². The fourth-order valence-corrected chi connectivity index (χ4v) is 2.92. The van der Waals surface area contributed by atoms with Crippen molar-refractivity contribution < 1.29 is 18.1 Å². The van der Waals surface area contributed by atoms with Gasteiger partial charge in [-0.3, -0.25) is 0 Å². The molecular formula is C7H14NO4Si. The summed E-state index contributed by atoms with van der Waals surface area (Å²) in [6, 6.07) is 0. The van der Waals surface area contributed by atoms with Crippen LogP contribution in [-0.2, 0) is 18.1 Å². The number of hydrogen-bond donors (Lipinski definition) is 0. The van der Waals surface area contributed by atoms with Gasteiger partial charge in [-0.25, -0.2) is 4.79 Å². The molecule has 0 aliphatic heterocycles. The molecule has 6 heteroatoms. The lowest BCUT2D eigenvalue weighted by Gasteiger charge is -2.28. The van der Waals surface area contributed by atoms with E-state index in [0.717, 1.165) is 0 Å². The second-order valence-electron chi connectivity index (χ2n) is 2.24. The molecule has 0 saturated heterocycles. The molecule has 0 bridgehead atoms. The second kappa shape index (κ2) is 6.01. The van der Waals surface area contributed by atoms with Gasteiger partial charge in [-0.1, -0.05) is 6.92 Å². The average Bonchev–Trinajstić information content (AvgIpc) is 2.19. The molecule has 1 unspecified atom stereocenters. The molecule has 0 heterocycles. The fourth-order valence-electron chi connectivity index (χ4n) is 1.04. The second-order valence-corrected chi connectivity index (χ2v) is 5.34. The molecule has 0 spiro atoms. The number of rotatable bonds is 6. The van der Waals surface area contributed by atoms with Crippen LogP contribution in [0.2, 0.25) is 0 Å². The summed E-state index contributed by atoms with van der Waals surface area (Å²) >= 11 is 0. The smallest absolute Gasteiger partial charge is 0.376 e. The third kappa shape index (κ3) is 2.72. The quantitative estimate of drug-likeness (QED) is 0.355. The van der Waals surface area contributed by atoms with E-state index in [1.807, 2.05) is 0 Å². The number of nitrogens with zero attached hydrogens (tertiary/aromatic N) is 1. The van der Waals surface area contributed by atoms with E-state index < -0.39 is 14.5 Å². The highest BCUT2D eigenvalue weighted by Gasteiger charge is 2.47. The number of hydrogen-bond acceptors (Lipinski definition) is 5. The molecule has 1 atom stereocenters. The van der Waals surface area contributed by atoms with Gasteiger partial charge in [0.15, 0.2) is 0 Å². The molecule has 75 valence electrons. The van der Waals surface area contributed by atoms with Crippen LogP contribution in [0.25, 0.3) is 0 Å². The zero-order chi connectivity index (χ0) is 10.3. The number of carbonyl (C=O) groups excluding carboxylic acids is 1. The summed E-state index contributed by atoms with van der Waals surface area (Å²) in [5, 5.41) is 0. The Morgan fingerprint density at radius 2 is 1.85 bits per heavy atom. The largest absolute Gasteiger partial charge is 0.527 e. The molecule has 0 N–H and O–H groups in total. The highest BCUT2D eigenvalue weighted by atomic mass is 28.4. The first-order chi connectivity index (χ1) is 6.20. The van der Waals surface area contributed by atoms with E-state index in [0.29, 0.717) is 6.42 Å². The van der Waals surface area contributed by atoms with E-state index >= 15 is 0 Å². The van der Waals surface area contributed by atoms with Gasteiger partial charge in [0.1, 0.15) is 5.67 Å². The lowest BCUT2D eigenvalue weighted by molar-refractivity contribution is 0.113. The van der Waals surface area contributed by atoms with E-state index in [1.165, 1.54) is 27.4 Å². The molecule has 0 amide bonds. The van der Waals surface area contributed by atoms with Crippen molar-refractivity contribution >= 4 is 14.9 Å². The van der Waals surface area contributed by atoms with Gasteiger partial charge in [0.05, 0.1) is 0 Å². The molecular weight excluding hydrogens is 190 g/mol. The minimum atomic E-state index is -2.86. The standard InChI is InChI=1S/C7H14NO4Si/c1-5-7(8-6-9)13(10-2,11-3)12-4/h7H,1,5H2,2-4H3. The molecule has 0 rings (SSSR count). The molecule has 0 aromatic carbocycles. The number of isocyanates is 1. The minimum absolute atomic E-state index is 0.372. The highest BCUT2D eigenvalue weighted by Crippen LogP contribution is 2.17. The maximum Gasteiger partial charge on any atom is 0.527 e. The molecule has 0 saturated carbocycles. The van der Waals surface area contributed by atoms with Gasteiger partial charge in [0.25, 0.3) is 0 Å². The van der Waals surface area contributed by atoms with Gasteiger partial charge in [-0.15, -0.1) is 0 Å². The minimum Gasteiger partial charge on any atom is -0.376 e. The third-order valence-corrected chi connectivity index (χ3v) is 4.68. The lowest BCUT2D eigenvalue weighted by Crippen LogP contribution is -2.53. The Balaban J connectivity index is 4.75. The average molecular weight is 204 g/mol. The third-order valence-electron chi connectivity index (χ3n) is 1.74. The van der Waals surface area contributed by atoms with Gasteiger partial charge >= 0.3 is 8.80 Å². The Morgan fingerprint density at radius 3 is 2.08 bits per heavy atom. The highest BCUT2D eigenvalue weighted by molar-refractivity contribution is 6.62. The Labute approximate surface area is 79.1 Å². The van der Waals surface area contributed by atoms with Gasteiger partial charge in [0.2, 0.25) is 6.08 Å². The number of aliphatic imine (C=N–C) groups is 1. The first-order valence-electron chi connectivity index (χ1n) is 3.72. The molecule has 0 aliphatic carbocycles. The molecule has 13 heavy (non-hydrogen) atoms. The lowest BCUT2D eigenvalue weighted by atomic mass is 10.5. The predicted molar refractivity (Wildman–Crippen MR) is 48.7 cm³/mol. The van der Waals surface area contributed by atoms with E-state index in [-0.39, 0.29) is 0 Å². The fraction of sp³-hybridized carbons (Fsp3) is 0.714. The first kappa shape index (κ1) is 12.5. The molecule has 0 aliphatic rings. The van der Waals surface area contributed by atoms with E-state index in [9.17, 15) is 4.79 Å². The molecule has 1 radical (unpaired) electrons. The van der Waals surface area contributed by atoms with Crippen LogP contribution >= 0.6 is 0 Å². The summed E-state index contributed by atoms with van der Waals surface area (Å²) in [6.45, 7) is 3.64. The molecule has 5 nitrogen and oxygen atoms in total. The first-order valence-corrected chi connectivity index (χ1v) is 5.52. The van der Waals surface area contributed by atoms with Crippen molar-refractivity contribution in [3.63, 3.8) is 0 Å². The van der Waals surface area contributed by atoms with Crippen molar-refractivity contribution in [1.29, 1.82) is 0 Å². The summed E-state index contributed by atoms with van der Waals surface area (Å²) in [5.41, 5.74) is -0.481. The van der Waals surface area contributed by atoms with Crippen LogP contribution in [-0.4, -0.2) is 41.9 Å². The van der Waals surface area contributed by atoms with Crippen molar-refractivity contribution in [2.75, 3.05) is 21.3 Å². The van der Waals surface area contributed by atoms with Gasteiger partial charge < -0.3 is 13.3 Å². The van der Waals surface area contributed by atoms with E-state index in [2.05, 4.69) is 11.9 Å². The zero-order valence-electron chi connectivity index (χ0n) is 8.07. The zero-order valence-corrected chi connectivity index (χ0v) is 9.07. The van der Waals surface area contributed by atoms with E-state index in [1.54, 1.807) is 0 Å². The van der Waals surface area contributed by atoms with E-state index in [4.69, 9.17) is 13.3 Å². The molecule has 0 aromatic rings.